The maximum Gasteiger partial charge on any atom is 0.221 e. The summed E-state index contributed by atoms with van der Waals surface area (Å²) in [4.78, 5) is 26.9. The second-order valence-corrected chi connectivity index (χ2v) is 4.41. The van der Waals surface area contributed by atoms with Gasteiger partial charge in [0.2, 0.25) is 5.91 Å². The molecule has 0 radical (unpaired) electrons. The molecule has 0 saturated carbocycles. The van der Waals surface area contributed by atoms with Crippen LogP contribution in [0.2, 0.25) is 0 Å². The minimum absolute atomic E-state index is 0.0753. The third kappa shape index (κ3) is 1.87. The lowest BCUT2D eigenvalue weighted by atomic mass is 10.1. The Bertz CT molecular complexity index is 850. The lowest BCUT2D eigenvalue weighted by Gasteiger charge is -2.08. The number of pyridine rings is 1. The highest BCUT2D eigenvalue weighted by Gasteiger charge is 2.09. The number of para-hydroxylation sites is 1. The Hall–Kier alpha value is -2.62. The molecule has 0 unspecified atom stereocenters. The molecule has 0 aliphatic carbocycles. The van der Waals surface area contributed by atoms with Crippen molar-refractivity contribution < 1.29 is 4.79 Å². The molecule has 0 spiro atoms. The Balaban J connectivity index is 2.45. The number of aromatic amines is 1. The molecule has 3 rings (SSSR count). The molecular formula is C15H12N2O2. The second kappa shape index (κ2) is 4.24. The van der Waals surface area contributed by atoms with Gasteiger partial charge in [0.25, 0.3) is 0 Å². The van der Waals surface area contributed by atoms with Crippen molar-refractivity contribution in [3.05, 3.63) is 52.7 Å². The van der Waals surface area contributed by atoms with Crippen LogP contribution in [0.5, 0.6) is 0 Å². The summed E-state index contributed by atoms with van der Waals surface area (Å²) >= 11 is 0. The van der Waals surface area contributed by atoms with Gasteiger partial charge < -0.3 is 10.3 Å². The van der Waals surface area contributed by atoms with Crippen LogP contribution in [0.25, 0.3) is 21.8 Å². The van der Waals surface area contributed by atoms with E-state index in [1.807, 2.05) is 24.3 Å². The van der Waals surface area contributed by atoms with Crippen molar-refractivity contribution in [1.82, 2.24) is 4.98 Å². The van der Waals surface area contributed by atoms with Gasteiger partial charge in [-0.3, -0.25) is 9.59 Å². The summed E-state index contributed by atoms with van der Waals surface area (Å²) in [5, 5.41) is 3.82. The number of fused-ring (bicyclic) bond motifs is 2. The summed E-state index contributed by atoms with van der Waals surface area (Å²) < 4.78 is 0. The van der Waals surface area contributed by atoms with E-state index in [-0.39, 0.29) is 11.3 Å². The second-order valence-electron chi connectivity index (χ2n) is 4.41. The summed E-state index contributed by atoms with van der Waals surface area (Å²) in [6.45, 7) is 1.42. The summed E-state index contributed by atoms with van der Waals surface area (Å²) in [6.07, 6.45) is 0. The number of hydrogen-bond donors (Lipinski definition) is 2. The molecule has 1 aromatic heterocycles. The largest absolute Gasteiger partial charge is 0.354 e. The Labute approximate surface area is 109 Å². The van der Waals surface area contributed by atoms with E-state index >= 15 is 0 Å². The molecule has 4 nitrogen and oxygen atoms in total. The number of rotatable bonds is 1. The maximum absolute atomic E-state index is 12.5. The number of carbonyl (C=O) groups is 1. The molecular weight excluding hydrogens is 240 g/mol. The van der Waals surface area contributed by atoms with Gasteiger partial charge in [-0.1, -0.05) is 18.2 Å². The highest BCUT2D eigenvalue weighted by Crippen LogP contribution is 2.21. The van der Waals surface area contributed by atoms with Crippen LogP contribution in [-0.2, 0) is 4.79 Å². The zero-order chi connectivity index (χ0) is 13.4. The average Bonchev–Trinajstić information content (AvgIpc) is 2.38. The van der Waals surface area contributed by atoms with Crippen molar-refractivity contribution >= 4 is 33.4 Å². The van der Waals surface area contributed by atoms with Gasteiger partial charge in [0.1, 0.15) is 0 Å². The van der Waals surface area contributed by atoms with Crippen LogP contribution >= 0.6 is 0 Å². The number of amides is 1. The lowest BCUT2D eigenvalue weighted by Crippen LogP contribution is -2.11. The minimum Gasteiger partial charge on any atom is -0.354 e. The third-order valence-electron chi connectivity index (χ3n) is 3.04. The quantitative estimate of drug-likeness (QED) is 0.654. The van der Waals surface area contributed by atoms with Gasteiger partial charge >= 0.3 is 0 Å². The fourth-order valence-electron chi connectivity index (χ4n) is 2.26. The molecule has 0 aliphatic heterocycles. The molecule has 4 heteroatoms. The Morgan fingerprint density at radius 2 is 1.79 bits per heavy atom. The molecule has 0 fully saturated rings. The minimum atomic E-state index is -0.194. The van der Waals surface area contributed by atoms with E-state index in [1.54, 1.807) is 18.2 Å². The zero-order valence-corrected chi connectivity index (χ0v) is 10.4. The molecule has 2 aromatic carbocycles. The topological polar surface area (TPSA) is 62.0 Å². The van der Waals surface area contributed by atoms with Gasteiger partial charge in [0.05, 0.1) is 16.6 Å². The van der Waals surface area contributed by atoms with E-state index in [1.165, 1.54) is 6.92 Å². The Kier molecular flexibility index (Phi) is 2.56. The van der Waals surface area contributed by atoms with Gasteiger partial charge in [0, 0.05) is 17.8 Å². The van der Waals surface area contributed by atoms with Gasteiger partial charge in [-0.15, -0.1) is 0 Å². The molecule has 0 bridgehead atoms. The van der Waals surface area contributed by atoms with E-state index < -0.39 is 0 Å². The van der Waals surface area contributed by atoms with Crippen LogP contribution in [0.4, 0.5) is 5.69 Å². The van der Waals surface area contributed by atoms with Crippen LogP contribution in [-0.4, -0.2) is 10.9 Å². The molecule has 3 aromatic rings. The molecule has 1 heterocycles. The van der Waals surface area contributed by atoms with Crippen molar-refractivity contribution in [3.63, 3.8) is 0 Å². The first-order chi connectivity index (χ1) is 9.16. The van der Waals surface area contributed by atoms with Crippen LogP contribution in [0.15, 0.2) is 47.3 Å². The number of nitrogens with one attached hydrogen (secondary N) is 2. The summed E-state index contributed by atoms with van der Waals surface area (Å²) in [5.74, 6) is -0.194. The third-order valence-corrected chi connectivity index (χ3v) is 3.04. The Morgan fingerprint density at radius 1 is 1.05 bits per heavy atom. The SMILES string of the molecule is CC(=O)Nc1cccc2[nH]c3ccccc3c(=O)c12. The average molecular weight is 252 g/mol. The molecule has 1 amide bonds. The predicted molar refractivity (Wildman–Crippen MR) is 76.4 cm³/mol. The molecule has 0 aliphatic rings. The van der Waals surface area contributed by atoms with Crippen molar-refractivity contribution in [2.75, 3.05) is 5.32 Å². The van der Waals surface area contributed by atoms with Crippen molar-refractivity contribution in [2.24, 2.45) is 0 Å². The van der Waals surface area contributed by atoms with Gasteiger partial charge in [0.15, 0.2) is 5.43 Å². The smallest absolute Gasteiger partial charge is 0.221 e. The predicted octanol–water partition coefficient (Wildman–Crippen LogP) is 2.64. The van der Waals surface area contributed by atoms with Crippen LogP contribution in [0.3, 0.4) is 0 Å². The van der Waals surface area contributed by atoms with Crippen molar-refractivity contribution in [2.45, 2.75) is 6.92 Å². The Morgan fingerprint density at radius 3 is 2.58 bits per heavy atom. The van der Waals surface area contributed by atoms with Crippen LogP contribution in [0, 0.1) is 0 Å². The van der Waals surface area contributed by atoms with E-state index in [9.17, 15) is 9.59 Å². The first-order valence-electron chi connectivity index (χ1n) is 5.98. The first kappa shape index (κ1) is 11.5. The van der Waals surface area contributed by atoms with Crippen LogP contribution in [0.1, 0.15) is 6.92 Å². The van der Waals surface area contributed by atoms with E-state index in [0.29, 0.717) is 16.5 Å². The fraction of sp³-hybridized carbons (Fsp3) is 0.0667. The molecule has 94 valence electrons. The van der Waals surface area contributed by atoms with E-state index in [2.05, 4.69) is 10.3 Å². The van der Waals surface area contributed by atoms with Crippen molar-refractivity contribution in [3.8, 4) is 0 Å². The zero-order valence-electron chi connectivity index (χ0n) is 10.4. The van der Waals surface area contributed by atoms with Crippen molar-refractivity contribution in [1.29, 1.82) is 0 Å². The maximum atomic E-state index is 12.5. The lowest BCUT2D eigenvalue weighted by molar-refractivity contribution is -0.114. The van der Waals surface area contributed by atoms with E-state index in [0.717, 1.165) is 11.0 Å². The number of carbonyl (C=O) groups excluding carboxylic acids is 1. The van der Waals surface area contributed by atoms with Gasteiger partial charge in [-0.05, 0) is 24.3 Å². The summed E-state index contributed by atoms with van der Waals surface area (Å²) in [7, 11) is 0. The summed E-state index contributed by atoms with van der Waals surface area (Å²) in [6, 6.07) is 12.7. The van der Waals surface area contributed by atoms with Crippen LogP contribution < -0.4 is 10.7 Å². The van der Waals surface area contributed by atoms with E-state index in [4.69, 9.17) is 0 Å². The molecule has 19 heavy (non-hydrogen) atoms. The normalized spacial score (nSPS) is 10.8. The number of hydrogen-bond acceptors (Lipinski definition) is 2. The molecule has 2 N–H and O–H groups in total. The fourth-order valence-corrected chi connectivity index (χ4v) is 2.26. The standard InChI is InChI=1S/C15H12N2O2/c1-9(18)16-12-7-4-8-13-14(12)15(19)10-5-2-3-6-11(10)17-13/h2-8H,1H3,(H,16,18)(H,17,19). The molecule has 0 atom stereocenters. The first-order valence-corrected chi connectivity index (χ1v) is 5.98. The molecule has 0 saturated heterocycles. The highest BCUT2D eigenvalue weighted by molar-refractivity contribution is 6.03. The highest BCUT2D eigenvalue weighted by atomic mass is 16.1. The number of aromatic nitrogens is 1. The van der Waals surface area contributed by atoms with Gasteiger partial charge in [-0.2, -0.15) is 0 Å². The number of benzene rings is 2. The number of anilines is 1. The monoisotopic (exact) mass is 252 g/mol. The summed E-state index contributed by atoms with van der Waals surface area (Å²) in [5.41, 5.74) is 1.97. The number of H-pyrrole nitrogens is 1. The van der Waals surface area contributed by atoms with Gasteiger partial charge in [-0.25, -0.2) is 0 Å².